The summed E-state index contributed by atoms with van der Waals surface area (Å²) in [5, 5.41) is 18.3. The number of hydrogen-bond acceptors (Lipinski definition) is 4. The van der Waals surface area contributed by atoms with E-state index in [-0.39, 0.29) is 11.9 Å². The van der Waals surface area contributed by atoms with Crippen molar-refractivity contribution in [2.24, 2.45) is 0 Å². The monoisotopic (exact) mass is 354 g/mol. The van der Waals surface area contributed by atoms with Crippen LogP contribution in [-0.2, 0) is 11.2 Å². The molecule has 1 saturated heterocycles. The first kappa shape index (κ1) is 16.2. The lowest BCUT2D eigenvalue weighted by molar-refractivity contribution is -0.136. The van der Waals surface area contributed by atoms with Gasteiger partial charge in [-0.05, 0) is 24.6 Å². The summed E-state index contributed by atoms with van der Waals surface area (Å²) in [6.07, 6.45) is 1.37. The van der Waals surface area contributed by atoms with E-state index in [1.54, 1.807) is 40.9 Å². The molecule has 1 aromatic carbocycles. The molecule has 2 heterocycles. The van der Waals surface area contributed by atoms with Crippen LogP contribution in [0.3, 0.4) is 0 Å². The molecule has 1 N–H and O–H groups in total. The third kappa shape index (κ3) is 3.49. The highest BCUT2D eigenvalue weighted by molar-refractivity contribution is 6.42. The maximum atomic E-state index is 12.2. The molecule has 1 amide bonds. The van der Waals surface area contributed by atoms with Crippen LogP contribution >= 0.6 is 23.2 Å². The molecule has 0 aliphatic carbocycles. The van der Waals surface area contributed by atoms with Crippen molar-refractivity contribution in [2.75, 3.05) is 13.1 Å². The number of carbonyl (C=O) groups excluding carboxylic acids is 1. The van der Waals surface area contributed by atoms with E-state index in [4.69, 9.17) is 23.2 Å². The molecular weight excluding hydrogens is 339 g/mol. The maximum Gasteiger partial charge on any atom is 0.227 e. The van der Waals surface area contributed by atoms with Crippen LogP contribution in [-0.4, -0.2) is 44.0 Å². The number of halogens is 2. The van der Waals surface area contributed by atoms with Crippen molar-refractivity contribution in [3.63, 3.8) is 0 Å². The van der Waals surface area contributed by atoms with E-state index >= 15 is 0 Å². The number of benzene rings is 1. The standard InChI is InChI=1S/C15H16Cl2N4O2/c1-9(22)14-8-21(19-18-14)11-6-20(7-11)15(23)5-10-2-3-12(16)13(17)4-10/h2-4,8-9,11,22H,5-7H2,1H3/t9-/m0/s1. The summed E-state index contributed by atoms with van der Waals surface area (Å²) < 4.78 is 1.70. The van der Waals surface area contributed by atoms with Crippen LogP contribution in [0.15, 0.2) is 24.4 Å². The van der Waals surface area contributed by atoms with Crippen LogP contribution in [0.4, 0.5) is 0 Å². The molecule has 0 unspecified atom stereocenters. The summed E-state index contributed by atoms with van der Waals surface area (Å²) in [6, 6.07) is 5.31. The van der Waals surface area contributed by atoms with Gasteiger partial charge in [-0.2, -0.15) is 0 Å². The molecule has 1 aromatic heterocycles. The molecule has 1 aliphatic rings. The second-order valence-electron chi connectivity index (χ2n) is 5.68. The van der Waals surface area contributed by atoms with Gasteiger partial charge in [-0.25, -0.2) is 4.68 Å². The lowest BCUT2D eigenvalue weighted by Crippen LogP contribution is -2.51. The van der Waals surface area contributed by atoms with Gasteiger partial charge in [0.05, 0.1) is 34.8 Å². The zero-order valence-corrected chi connectivity index (χ0v) is 14.0. The summed E-state index contributed by atoms with van der Waals surface area (Å²) >= 11 is 11.8. The van der Waals surface area contributed by atoms with Gasteiger partial charge in [0.15, 0.2) is 0 Å². The van der Waals surface area contributed by atoms with Gasteiger partial charge in [-0.15, -0.1) is 5.10 Å². The largest absolute Gasteiger partial charge is 0.387 e. The fourth-order valence-corrected chi connectivity index (χ4v) is 2.74. The first-order valence-corrected chi connectivity index (χ1v) is 8.01. The van der Waals surface area contributed by atoms with Crippen LogP contribution < -0.4 is 0 Å². The molecular formula is C15H16Cl2N4O2. The van der Waals surface area contributed by atoms with Gasteiger partial charge >= 0.3 is 0 Å². The van der Waals surface area contributed by atoms with E-state index in [1.807, 2.05) is 0 Å². The molecule has 1 fully saturated rings. The number of likely N-dealkylation sites (tertiary alicyclic amines) is 1. The van der Waals surface area contributed by atoms with Crippen molar-refractivity contribution in [2.45, 2.75) is 25.5 Å². The molecule has 0 radical (unpaired) electrons. The van der Waals surface area contributed by atoms with Crippen molar-refractivity contribution >= 4 is 29.1 Å². The molecule has 0 bridgehead atoms. The van der Waals surface area contributed by atoms with E-state index in [0.717, 1.165) is 5.56 Å². The average Bonchev–Trinajstić information content (AvgIpc) is 2.91. The van der Waals surface area contributed by atoms with Crippen molar-refractivity contribution in [1.82, 2.24) is 19.9 Å². The number of aliphatic hydroxyl groups excluding tert-OH is 1. The van der Waals surface area contributed by atoms with E-state index in [9.17, 15) is 9.90 Å². The van der Waals surface area contributed by atoms with E-state index in [1.165, 1.54) is 0 Å². The minimum Gasteiger partial charge on any atom is -0.387 e. The van der Waals surface area contributed by atoms with Gasteiger partial charge in [0, 0.05) is 13.1 Å². The van der Waals surface area contributed by atoms with Gasteiger partial charge in [0.25, 0.3) is 0 Å². The third-order valence-electron chi connectivity index (χ3n) is 3.88. The van der Waals surface area contributed by atoms with Gasteiger partial charge < -0.3 is 10.0 Å². The number of rotatable bonds is 4. The maximum absolute atomic E-state index is 12.2. The Kier molecular flexibility index (Phi) is 4.57. The van der Waals surface area contributed by atoms with E-state index < -0.39 is 6.10 Å². The molecule has 6 nitrogen and oxygen atoms in total. The van der Waals surface area contributed by atoms with Crippen molar-refractivity contribution in [3.8, 4) is 0 Å². The highest BCUT2D eigenvalue weighted by Gasteiger charge is 2.32. The first-order valence-electron chi connectivity index (χ1n) is 7.25. The Morgan fingerprint density at radius 3 is 2.74 bits per heavy atom. The zero-order valence-electron chi connectivity index (χ0n) is 12.5. The number of aliphatic hydroxyl groups is 1. The van der Waals surface area contributed by atoms with E-state index in [0.29, 0.717) is 35.2 Å². The van der Waals surface area contributed by atoms with Crippen LogP contribution in [0.2, 0.25) is 10.0 Å². The summed E-state index contributed by atoms with van der Waals surface area (Å²) in [4.78, 5) is 14.0. The SMILES string of the molecule is C[C@H](O)c1cn(C2CN(C(=O)Cc3ccc(Cl)c(Cl)c3)C2)nn1. The number of nitrogens with zero attached hydrogens (tertiary/aromatic N) is 4. The Bertz CT molecular complexity index is 726. The topological polar surface area (TPSA) is 71.2 Å². The fourth-order valence-electron chi connectivity index (χ4n) is 2.42. The minimum atomic E-state index is -0.642. The lowest BCUT2D eigenvalue weighted by Gasteiger charge is -2.39. The zero-order chi connectivity index (χ0) is 16.6. The van der Waals surface area contributed by atoms with Gasteiger partial charge in [-0.1, -0.05) is 34.5 Å². The summed E-state index contributed by atoms with van der Waals surface area (Å²) in [5.41, 5.74) is 1.37. The Balaban J connectivity index is 1.55. The summed E-state index contributed by atoms with van der Waals surface area (Å²) in [5.74, 6) is 0.0375. The molecule has 23 heavy (non-hydrogen) atoms. The second-order valence-corrected chi connectivity index (χ2v) is 6.49. The predicted octanol–water partition coefficient (Wildman–Crippen LogP) is 2.26. The quantitative estimate of drug-likeness (QED) is 0.913. The Morgan fingerprint density at radius 1 is 1.39 bits per heavy atom. The number of aromatic nitrogens is 3. The fraction of sp³-hybridized carbons (Fsp3) is 0.400. The van der Waals surface area contributed by atoms with Crippen molar-refractivity contribution < 1.29 is 9.90 Å². The second kappa shape index (κ2) is 6.47. The highest BCUT2D eigenvalue weighted by Crippen LogP contribution is 2.25. The van der Waals surface area contributed by atoms with Crippen LogP contribution in [0.1, 0.15) is 30.3 Å². The number of carbonyl (C=O) groups is 1. The summed E-state index contributed by atoms with van der Waals surface area (Å²) in [6.45, 7) is 2.81. The van der Waals surface area contributed by atoms with Crippen LogP contribution in [0.25, 0.3) is 0 Å². The van der Waals surface area contributed by atoms with Gasteiger partial charge in [0.2, 0.25) is 5.91 Å². The normalized spacial score (nSPS) is 16.3. The Morgan fingerprint density at radius 2 is 2.13 bits per heavy atom. The highest BCUT2D eigenvalue weighted by atomic mass is 35.5. The predicted molar refractivity (Wildman–Crippen MR) is 86.4 cm³/mol. The minimum absolute atomic E-state index is 0.0375. The van der Waals surface area contributed by atoms with Gasteiger partial charge in [0.1, 0.15) is 5.69 Å². The number of hydrogen-bond donors (Lipinski definition) is 1. The first-order chi connectivity index (χ1) is 10.9. The van der Waals surface area contributed by atoms with Crippen molar-refractivity contribution in [3.05, 3.63) is 45.7 Å². The molecule has 1 aliphatic heterocycles. The average molecular weight is 355 g/mol. The Labute approximate surface area is 143 Å². The molecule has 8 heteroatoms. The van der Waals surface area contributed by atoms with Crippen molar-refractivity contribution in [1.29, 1.82) is 0 Å². The van der Waals surface area contributed by atoms with Crippen LogP contribution in [0.5, 0.6) is 0 Å². The van der Waals surface area contributed by atoms with Gasteiger partial charge in [-0.3, -0.25) is 4.79 Å². The smallest absolute Gasteiger partial charge is 0.227 e. The molecule has 0 saturated carbocycles. The molecule has 122 valence electrons. The lowest BCUT2D eigenvalue weighted by atomic mass is 10.1. The number of amides is 1. The summed E-state index contributed by atoms with van der Waals surface area (Å²) in [7, 11) is 0. The molecule has 1 atom stereocenters. The molecule has 3 rings (SSSR count). The van der Waals surface area contributed by atoms with E-state index in [2.05, 4.69) is 10.3 Å². The third-order valence-corrected chi connectivity index (χ3v) is 4.62. The molecule has 0 spiro atoms. The van der Waals surface area contributed by atoms with Crippen LogP contribution in [0, 0.1) is 0 Å². The Hall–Kier alpha value is -1.63. The molecule has 2 aromatic rings.